The van der Waals surface area contributed by atoms with Crippen molar-refractivity contribution < 1.29 is 22.7 Å². The van der Waals surface area contributed by atoms with Crippen LogP contribution in [0.4, 0.5) is 13.2 Å². The van der Waals surface area contributed by atoms with Crippen molar-refractivity contribution in [1.29, 1.82) is 0 Å². The van der Waals surface area contributed by atoms with Gasteiger partial charge in [-0.3, -0.25) is 4.79 Å². The van der Waals surface area contributed by atoms with Crippen LogP contribution >= 0.6 is 0 Å². The Morgan fingerprint density at radius 1 is 0.975 bits per heavy atom. The third-order valence-electron chi connectivity index (χ3n) is 7.77. The van der Waals surface area contributed by atoms with Crippen LogP contribution in [-0.2, 0) is 17.6 Å². The predicted molar refractivity (Wildman–Crippen MR) is 151 cm³/mol. The molecule has 4 nitrogen and oxygen atoms in total. The molecule has 0 bridgehead atoms. The predicted octanol–water partition coefficient (Wildman–Crippen LogP) is 6.40. The van der Waals surface area contributed by atoms with E-state index in [2.05, 4.69) is 35.3 Å². The zero-order valence-electron chi connectivity index (χ0n) is 22.8. The lowest BCUT2D eigenvalue weighted by Gasteiger charge is -2.28. The van der Waals surface area contributed by atoms with Crippen LogP contribution in [-0.4, -0.2) is 43.1 Å². The highest BCUT2D eigenvalue weighted by Gasteiger charge is 2.35. The Balaban J connectivity index is 1.23. The van der Waals surface area contributed by atoms with Gasteiger partial charge in [0.05, 0.1) is 6.61 Å². The van der Waals surface area contributed by atoms with Crippen molar-refractivity contribution in [3.63, 3.8) is 0 Å². The van der Waals surface area contributed by atoms with Crippen molar-refractivity contribution in [2.45, 2.75) is 51.5 Å². The molecule has 2 aliphatic rings. The third-order valence-corrected chi connectivity index (χ3v) is 7.77. The standard InChI is InChI=1S/C33H35F3N2O2/c1-22-5-2-3-7-24(22)17-19-38(26-12-13-26)33(39)28-21-37-18-16-27(28)25-10-8-23(9-11-25)6-4-20-40-32-30(35)15-14-29(34)31(32)36/h2-3,5,7-11,14-15,26,37H,4,6,12-13,16-21H2,1H3. The summed E-state index contributed by atoms with van der Waals surface area (Å²) in [5.41, 5.74) is 6.57. The van der Waals surface area contributed by atoms with Gasteiger partial charge in [0.1, 0.15) is 0 Å². The molecule has 1 aliphatic carbocycles. The number of carbonyl (C=O) groups is 1. The molecule has 40 heavy (non-hydrogen) atoms. The van der Waals surface area contributed by atoms with Gasteiger partial charge < -0.3 is 15.0 Å². The fraction of sp³-hybridized carbons (Fsp3) is 0.364. The minimum Gasteiger partial charge on any atom is -0.488 e. The summed E-state index contributed by atoms with van der Waals surface area (Å²) in [6, 6.07) is 18.4. The van der Waals surface area contributed by atoms with E-state index in [1.54, 1.807) is 0 Å². The van der Waals surface area contributed by atoms with E-state index in [9.17, 15) is 18.0 Å². The minimum atomic E-state index is -1.31. The molecule has 0 atom stereocenters. The molecule has 0 saturated heterocycles. The lowest BCUT2D eigenvalue weighted by molar-refractivity contribution is -0.127. The van der Waals surface area contributed by atoms with Gasteiger partial charge in [0.25, 0.3) is 5.91 Å². The van der Waals surface area contributed by atoms with Gasteiger partial charge in [-0.15, -0.1) is 0 Å². The fourth-order valence-electron chi connectivity index (χ4n) is 5.31. The van der Waals surface area contributed by atoms with Crippen LogP contribution in [0.2, 0.25) is 0 Å². The minimum absolute atomic E-state index is 0.0635. The number of carbonyl (C=O) groups excluding carboxylic acids is 1. The molecule has 210 valence electrons. The zero-order valence-corrected chi connectivity index (χ0v) is 22.8. The monoisotopic (exact) mass is 548 g/mol. The van der Waals surface area contributed by atoms with E-state index in [0.717, 1.165) is 73.2 Å². The summed E-state index contributed by atoms with van der Waals surface area (Å²) in [7, 11) is 0. The van der Waals surface area contributed by atoms with Crippen molar-refractivity contribution in [1.82, 2.24) is 10.2 Å². The summed E-state index contributed by atoms with van der Waals surface area (Å²) in [6.07, 6.45) is 4.91. The fourth-order valence-corrected chi connectivity index (χ4v) is 5.31. The number of nitrogens with zero attached hydrogens (tertiary/aromatic N) is 1. The first-order chi connectivity index (χ1) is 19.4. The maximum Gasteiger partial charge on any atom is 0.251 e. The number of benzene rings is 3. The van der Waals surface area contributed by atoms with Crippen molar-refractivity contribution in [2.24, 2.45) is 0 Å². The molecule has 3 aromatic carbocycles. The van der Waals surface area contributed by atoms with Crippen LogP contribution in [0, 0.1) is 24.4 Å². The normalized spacial score (nSPS) is 15.3. The summed E-state index contributed by atoms with van der Waals surface area (Å²) >= 11 is 0. The Kier molecular flexibility index (Phi) is 8.90. The number of ether oxygens (including phenoxy) is 1. The van der Waals surface area contributed by atoms with E-state index < -0.39 is 23.2 Å². The molecule has 1 saturated carbocycles. The van der Waals surface area contributed by atoms with Crippen LogP contribution in [0.15, 0.2) is 66.2 Å². The molecule has 1 amide bonds. The van der Waals surface area contributed by atoms with Crippen molar-refractivity contribution in [2.75, 3.05) is 26.2 Å². The molecule has 3 aromatic rings. The molecule has 1 aliphatic heterocycles. The van der Waals surface area contributed by atoms with Crippen LogP contribution in [0.5, 0.6) is 5.75 Å². The highest BCUT2D eigenvalue weighted by molar-refractivity contribution is 6.02. The average molecular weight is 549 g/mol. The highest BCUT2D eigenvalue weighted by Crippen LogP contribution is 2.32. The Morgan fingerprint density at radius 2 is 1.73 bits per heavy atom. The van der Waals surface area contributed by atoms with Crippen LogP contribution in [0.3, 0.4) is 0 Å². The molecule has 0 radical (unpaired) electrons. The number of nitrogens with one attached hydrogen (secondary N) is 1. The van der Waals surface area contributed by atoms with Crippen LogP contribution in [0.1, 0.15) is 47.9 Å². The number of hydrogen-bond acceptors (Lipinski definition) is 3. The highest BCUT2D eigenvalue weighted by atomic mass is 19.2. The number of aryl methyl sites for hydroxylation is 2. The van der Waals surface area contributed by atoms with Gasteiger partial charge in [0.15, 0.2) is 17.4 Å². The Bertz CT molecular complexity index is 1380. The summed E-state index contributed by atoms with van der Waals surface area (Å²) < 4.78 is 46.1. The van der Waals surface area contributed by atoms with E-state index in [-0.39, 0.29) is 12.5 Å². The SMILES string of the molecule is Cc1ccccc1CCN(C(=O)C1=C(c2ccc(CCCOc3c(F)ccc(F)c3F)cc2)CCNC1)C1CC1. The van der Waals surface area contributed by atoms with Gasteiger partial charge in [-0.25, -0.2) is 8.78 Å². The summed E-state index contributed by atoms with van der Waals surface area (Å²) in [4.78, 5) is 15.9. The molecule has 1 fully saturated rings. The Hall–Kier alpha value is -3.58. The van der Waals surface area contributed by atoms with Gasteiger partial charge in [-0.1, -0.05) is 48.5 Å². The van der Waals surface area contributed by atoms with Crippen molar-refractivity contribution >= 4 is 11.5 Å². The van der Waals surface area contributed by atoms with Crippen molar-refractivity contribution in [3.05, 3.63) is 106 Å². The van der Waals surface area contributed by atoms with Gasteiger partial charge >= 0.3 is 0 Å². The number of hydrogen-bond donors (Lipinski definition) is 1. The topological polar surface area (TPSA) is 41.6 Å². The summed E-state index contributed by atoms with van der Waals surface area (Å²) in [5, 5.41) is 3.39. The zero-order chi connectivity index (χ0) is 28.1. The van der Waals surface area contributed by atoms with E-state index in [1.165, 1.54) is 11.1 Å². The second kappa shape index (κ2) is 12.7. The number of amides is 1. The van der Waals surface area contributed by atoms with E-state index in [4.69, 9.17) is 4.74 Å². The summed E-state index contributed by atoms with van der Waals surface area (Å²) in [6.45, 7) is 4.29. The maximum absolute atomic E-state index is 13.8. The van der Waals surface area contributed by atoms with Crippen molar-refractivity contribution in [3.8, 4) is 5.75 Å². The number of rotatable bonds is 11. The van der Waals surface area contributed by atoms with Gasteiger partial charge in [-0.05, 0) is 92.0 Å². The van der Waals surface area contributed by atoms with E-state index >= 15 is 0 Å². The molecule has 1 N–H and O–H groups in total. The lowest BCUT2D eigenvalue weighted by atomic mass is 9.92. The van der Waals surface area contributed by atoms with Gasteiger partial charge in [0.2, 0.25) is 5.82 Å². The smallest absolute Gasteiger partial charge is 0.251 e. The molecular weight excluding hydrogens is 513 g/mol. The second-order valence-corrected chi connectivity index (χ2v) is 10.6. The summed E-state index contributed by atoms with van der Waals surface area (Å²) in [5.74, 6) is -3.90. The average Bonchev–Trinajstić information content (AvgIpc) is 3.81. The molecule has 1 heterocycles. The van der Waals surface area contributed by atoms with E-state index in [1.807, 2.05) is 30.3 Å². The van der Waals surface area contributed by atoms with Crippen LogP contribution in [0.25, 0.3) is 5.57 Å². The number of halogens is 3. The van der Waals surface area contributed by atoms with Gasteiger partial charge in [0, 0.05) is 24.7 Å². The largest absolute Gasteiger partial charge is 0.488 e. The molecule has 7 heteroatoms. The molecular formula is C33H35F3N2O2. The quantitative estimate of drug-likeness (QED) is 0.223. The molecule has 5 rings (SSSR count). The second-order valence-electron chi connectivity index (χ2n) is 10.6. The first-order valence-corrected chi connectivity index (χ1v) is 14.1. The lowest BCUT2D eigenvalue weighted by Crippen LogP contribution is -2.40. The van der Waals surface area contributed by atoms with Gasteiger partial charge in [-0.2, -0.15) is 4.39 Å². The molecule has 0 spiro atoms. The maximum atomic E-state index is 13.8. The molecule has 0 unspecified atom stereocenters. The third kappa shape index (κ3) is 6.58. The molecule has 0 aromatic heterocycles. The Morgan fingerprint density at radius 3 is 2.48 bits per heavy atom. The first kappa shape index (κ1) is 28.0. The Labute approximate surface area is 233 Å². The van der Waals surface area contributed by atoms with E-state index in [0.29, 0.717) is 25.4 Å². The van der Waals surface area contributed by atoms with Crippen LogP contribution < -0.4 is 10.1 Å². The first-order valence-electron chi connectivity index (χ1n) is 14.1.